The molecule has 1 aromatic heterocycles. The summed E-state index contributed by atoms with van der Waals surface area (Å²) in [5, 5.41) is 4.91. The number of amides is 4. The lowest BCUT2D eigenvalue weighted by atomic mass is 10.1. The summed E-state index contributed by atoms with van der Waals surface area (Å²) in [5.74, 6) is -1.09. The highest BCUT2D eigenvalue weighted by Gasteiger charge is 2.39. The van der Waals surface area contributed by atoms with Crippen LogP contribution in [-0.4, -0.2) is 99.2 Å². The van der Waals surface area contributed by atoms with Crippen LogP contribution in [-0.2, 0) is 32.1 Å². The van der Waals surface area contributed by atoms with Crippen molar-refractivity contribution in [1.82, 2.24) is 24.7 Å². The number of nitrogens with zero attached hydrogens (tertiary/aromatic N) is 6. The van der Waals surface area contributed by atoms with E-state index in [1.807, 2.05) is 32.9 Å². The lowest BCUT2D eigenvalue weighted by Gasteiger charge is -2.30. The van der Waals surface area contributed by atoms with Gasteiger partial charge >= 0.3 is 30.4 Å². The van der Waals surface area contributed by atoms with E-state index in [4.69, 9.17) is 18.9 Å². The second-order valence-electron chi connectivity index (χ2n) is 17.8. The number of rotatable bonds is 16. The predicted octanol–water partition coefficient (Wildman–Crippen LogP) is 8.27. The molecule has 0 atom stereocenters. The Kier molecular flexibility index (Phi) is 19.1. The average Bonchev–Trinajstić information content (AvgIpc) is 3.51. The summed E-state index contributed by atoms with van der Waals surface area (Å²) in [6.45, 7) is 18.2. The van der Waals surface area contributed by atoms with Gasteiger partial charge in [-0.05, 0) is 119 Å². The van der Waals surface area contributed by atoms with E-state index in [1.54, 1.807) is 80.1 Å². The molecule has 4 amide bonds. The summed E-state index contributed by atoms with van der Waals surface area (Å²) in [5.41, 5.74) is -1.45. The number of unbranched alkanes of at least 4 members (excludes halogenated alkanes) is 6. The fraction of sp³-hybridized carbons (Fsp3) is 0.651. The molecule has 16 nitrogen and oxygen atoms in total. The standard InChI is InChI=1S/C43H65F3N8O8/c1-40(2,3)60-37(56)50-35(51-38(57)61-41(4,5)6)48-23-14-12-10-11-13-15-25-52-28-29-53(36(52)49-34(55)43(44,45)46)26-16-17-30-59-32-21-19-31(20-22-32)33-47-24-18-27-54(33)39(58)62-42(7,8)9/h19-22,28-29H,10-18,23-27,30H2,1-9H3,(H2,48,50,51,56,57). The van der Waals surface area contributed by atoms with Crippen LogP contribution in [0.5, 0.6) is 5.75 Å². The molecule has 19 heteroatoms. The van der Waals surface area contributed by atoms with Crippen LogP contribution in [0.1, 0.15) is 126 Å². The van der Waals surface area contributed by atoms with E-state index >= 15 is 0 Å². The Balaban J connectivity index is 1.47. The number of aryl methyl sites for hydroxylation is 2. The van der Waals surface area contributed by atoms with E-state index < -0.39 is 47.2 Å². The predicted molar refractivity (Wildman–Crippen MR) is 228 cm³/mol. The fourth-order valence-electron chi connectivity index (χ4n) is 5.92. The number of hydrogen-bond donors (Lipinski definition) is 2. The van der Waals surface area contributed by atoms with Gasteiger partial charge < -0.3 is 28.1 Å². The van der Waals surface area contributed by atoms with Crippen LogP contribution in [0.2, 0.25) is 0 Å². The number of aliphatic imine (C=N–C) groups is 2. The quantitative estimate of drug-likeness (QED) is 0.0732. The monoisotopic (exact) mass is 878 g/mol. The van der Waals surface area contributed by atoms with Crippen molar-refractivity contribution >= 4 is 36.0 Å². The number of alkyl halides is 3. The van der Waals surface area contributed by atoms with Gasteiger partial charge in [-0.2, -0.15) is 18.2 Å². The van der Waals surface area contributed by atoms with E-state index in [0.717, 1.165) is 37.7 Å². The zero-order chi connectivity index (χ0) is 46.1. The minimum absolute atomic E-state index is 0.0662. The Morgan fingerprint density at radius 1 is 0.710 bits per heavy atom. The van der Waals surface area contributed by atoms with Crippen molar-refractivity contribution in [3.05, 3.63) is 47.8 Å². The normalized spacial score (nSPS) is 13.8. The van der Waals surface area contributed by atoms with Crippen LogP contribution in [0.25, 0.3) is 0 Å². The number of imidazole rings is 1. The van der Waals surface area contributed by atoms with Crippen molar-refractivity contribution < 1.29 is 51.3 Å². The first-order valence-corrected chi connectivity index (χ1v) is 21.1. The highest BCUT2D eigenvalue weighted by molar-refractivity contribution is 6.07. The van der Waals surface area contributed by atoms with Gasteiger partial charge in [-0.15, -0.1) is 0 Å². The maximum Gasteiger partial charge on any atom is 0.473 e. The topological polar surface area (TPSA) is 179 Å². The van der Waals surface area contributed by atoms with Gasteiger partial charge in [-0.25, -0.2) is 14.4 Å². The van der Waals surface area contributed by atoms with E-state index in [1.165, 1.54) is 0 Å². The van der Waals surface area contributed by atoms with Gasteiger partial charge in [0, 0.05) is 50.7 Å². The summed E-state index contributed by atoms with van der Waals surface area (Å²) in [7, 11) is 0. The Morgan fingerprint density at radius 3 is 1.76 bits per heavy atom. The summed E-state index contributed by atoms with van der Waals surface area (Å²) >= 11 is 0. The summed E-state index contributed by atoms with van der Waals surface area (Å²) in [4.78, 5) is 63.2. The number of benzene rings is 1. The van der Waals surface area contributed by atoms with Crippen molar-refractivity contribution in [2.45, 2.75) is 156 Å². The molecule has 0 saturated heterocycles. The van der Waals surface area contributed by atoms with Crippen LogP contribution in [0.4, 0.5) is 27.6 Å². The Labute approximate surface area is 362 Å². The maximum atomic E-state index is 13.3. The molecule has 62 heavy (non-hydrogen) atoms. The number of alkyl carbamates (subject to hydrolysis) is 2. The Bertz CT molecular complexity index is 1890. The van der Waals surface area contributed by atoms with Crippen molar-refractivity contribution in [3.8, 4) is 5.75 Å². The lowest BCUT2D eigenvalue weighted by Crippen LogP contribution is -2.47. The zero-order valence-corrected chi connectivity index (χ0v) is 37.7. The molecule has 0 aliphatic carbocycles. The second kappa shape index (κ2) is 23.2. The third kappa shape index (κ3) is 19.6. The number of carbonyl (C=O) groups excluding carboxylic acids is 4. The summed E-state index contributed by atoms with van der Waals surface area (Å²) in [6.07, 6.45) is 2.65. The molecule has 0 radical (unpaired) electrons. The molecule has 0 saturated carbocycles. The lowest BCUT2D eigenvalue weighted by molar-refractivity contribution is -0.169. The number of ether oxygens (including phenoxy) is 4. The molecule has 0 bridgehead atoms. The number of amidine groups is 1. The minimum Gasteiger partial charge on any atom is -0.494 e. The second-order valence-corrected chi connectivity index (χ2v) is 17.8. The molecule has 346 valence electrons. The molecule has 2 aromatic rings. The number of nitrogens with one attached hydrogen (secondary N) is 2. The fourth-order valence-corrected chi connectivity index (χ4v) is 5.92. The van der Waals surface area contributed by atoms with Crippen molar-refractivity contribution in [3.63, 3.8) is 0 Å². The molecule has 0 unspecified atom stereocenters. The van der Waals surface area contributed by atoms with Gasteiger partial charge in [-0.1, -0.05) is 25.7 Å². The number of aromatic nitrogens is 2. The molecular formula is C43H65F3N8O8. The third-order valence-electron chi connectivity index (χ3n) is 8.55. The van der Waals surface area contributed by atoms with Gasteiger partial charge in [0.2, 0.25) is 11.6 Å². The Morgan fingerprint density at radius 2 is 1.23 bits per heavy atom. The number of hydrogen-bond acceptors (Lipinski definition) is 10. The number of halogens is 3. The maximum absolute atomic E-state index is 13.3. The van der Waals surface area contributed by atoms with Crippen LogP contribution in [0.15, 0.2) is 51.6 Å². The molecule has 1 aliphatic rings. The van der Waals surface area contributed by atoms with Crippen LogP contribution < -0.4 is 21.0 Å². The first kappa shape index (κ1) is 51.0. The third-order valence-corrected chi connectivity index (χ3v) is 8.55. The smallest absolute Gasteiger partial charge is 0.473 e. The molecule has 0 spiro atoms. The first-order chi connectivity index (χ1) is 28.9. The van der Waals surface area contributed by atoms with E-state index in [9.17, 15) is 32.3 Å². The van der Waals surface area contributed by atoms with Crippen molar-refractivity contribution in [1.29, 1.82) is 0 Å². The van der Waals surface area contributed by atoms with Crippen LogP contribution in [0.3, 0.4) is 0 Å². The first-order valence-electron chi connectivity index (χ1n) is 21.1. The highest BCUT2D eigenvalue weighted by Crippen LogP contribution is 2.20. The van der Waals surface area contributed by atoms with Crippen molar-refractivity contribution in [2.24, 2.45) is 15.0 Å². The molecule has 3 rings (SSSR count). The minimum atomic E-state index is -5.10. The van der Waals surface area contributed by atoms with Gasteiger partial charge in [0.1, 0.15) is 28.4 Å². The molecule has 2 N–H and O–H groups in total. The number of carbonyl (C=O) groups is 4. The van der Waals surface area contributed by atoms with Crippen LogP contribution in [0, 0.1) is 0 Å². The van der Waals surface area contributed by atoms with Gasteiger partial charge in [0.25, 0.3) is 0 Å². The van der Waals surface area contributed by atoms with E-state index in [-0.39, 0.29) is 11.6 Å². The summed E-state index contributed by atoms with van der Waals surface area (Å²) in [6, 6.07) is 7.25. The summed E-state index contributed by atoms with van der Waals surface area (Å²) < 4.78 is 64.9. The number of guanidine groups is 1. The van der Waals surface area contributed by atoms with Crippen molar-refractivity contribution in [2.75, 3.05) is 26.2 Å². The SMILES string of the molecule is CC(C)(C)OC(=O)NC(=NCCCCCCCCn1ccn(CCCCOc2ccc(C3=NCCCN3C(=O)OC(C)(C)C)cc2)c1=NC(=O)C(F)(F)F)NC(=O)OC(C)(C)C. The Hall–Kier alpha value is -5.36. The van der Waals surface area contributed by atoms with Gasteiger partial charge in [0.15, 0.2) is 0 Å². The zero-order valence-electron chi connectivity index (χ0n) is 37.7. The largest absolute Gasteiger partial charge is 0.494 e. The molecule has 0 fully saturated rings. The van der Waals surface area contributed by atoms with Crippen LogP contribution >= 0.6 is 0 Å². The van der Waals surface area contributed by atoms with Gasteiger partial charge in [0.05, 0.1) is 6.61 Å². The van der Waals surface area contributed by atoms with E-state index in [2.05, 4.69) is 25.6 Å². The average molecular weight is 879 g/mol. The molecule has 1 aliphatic heterocycles. The molecule has 1 aromatic carbocycles. The highest BCUT2D eigenvalue weighted by atomic mass is 19.4. The molecular weight excluding hydrogens is 814 g/mol. The van der Waals surface area contributed by atoms with E-state index in [0.29, 0.717) is 76.6 Å². The molecule has 2 heterocycles. The van der Waals surface area contributed by atoms with Gasteiger partial charge in [-0.3, -0.25) is 30.3 Å².